The summed E-state index contributed by atoms with van der Waals surface area (Å²) in [4.78, 5) is 17.2. The maximum Gasteiger partial charge on any atom is 0.225 e. The van der Waals surface area contributed by atoms with Gasteiger partial charge in [0.25, 0.3) is 0 Å². The number of hydrogen-bond donors (Lipinski definition) is 0. The lowest BCUT2D eigenvalue weighted by molar-refractivity contribution is -0.135. The fourth-order valence-electron chi connectivity index (χ4n) is 3.72. The van der Waals surface area contributed by atoms with Gasteiger partial charge in [0.2, 0.25) is 5.91 Å². The standard InChI is InChI=1S/C15H26N2O2/c1-2-17-9-3-8-16(14(18)13-4-5-13)12-15(17)6-10-19-11-7-15/h13H,2-12H2,1H3. The number of rotatable bonds is 2. The van der Waals surface area contributed by atoms with E-state index in [4.69, 9.17) is 4.74 Å². The molecule has 1 saturated carbocycles. The zero-order valence-corrected chi connectivity index (χ0v) is 12.1. The van der Waals surface area contributed by atoms with Crippen LogP contribution in [0.1, 0.15) is 39.0 Å². The van der Waals surface area contributed by atoms with E-state index in [0.29, 0.717) is 11.8 Å². The van der Waals surface area contributed by atoms with Crippen molar-refractivity contribution in [2.75, 3.05) is 39.4 Å². The average molecular weight is 266 g/mol. The second-order valence-electron chi connectivity index (χ2n) is 6.30. The topological polar surface area (TPSA) is 32.8 Å². The lowest BCUT2D eigenvalue weighted by Crippen LogP contribution is -2.57. The molecule has 2 heterocycles. The van der Waals surface area contributed by atoms with Gasteiger partial charge in [0.15, 0.2) is 0 Å². The minimum Gasteiger partial charge on any atom is -0.381 e. The van der Waals surface area contributed by atoms with Crippen molar-refractivity contribution in [2.45, 2.75) is 44.6 Å². The lowest BCUT2D eigenvalue weighted by Gasteiger charge is -2.46. The van der Waals surface area contributed by atoms with Crippen LogP contribution >= 0.6 is 0 Å². The zero-order chi connectivity index (χ0) is 13.3. The molecule has 0 unspecified atom stereocenters. The monoisotopic (exact) mass is 266 g/mol. The van der Waals surface area contributed by atoms with Crippen LogP contribution in [-0.4, -0.2) is 60.6 Å². The van der Waals surface area contributed by atoms with Crippen molar-refractivity contribution in [3.05, 3.63) is 0 Å². The molecular weight excluding hydrogens is 240 g/mol. The van der Waals surface area contributed by atoms with Gasteiger partial charge in [-0.25, -0.2) is 0 Å². The van der Waals surface area contributed by atoms with E-state index in [1.807, 2.05) is 0 Å². The van der Waals surface area contributed by atoms with Gasteiger partial charge in [0, 0.05) is 44.3 Å². The Kier molecular flexibility index (Phi) is 3.81. The highest BCUT2D eigenvalue weighted by molar-refractivity contribution is 5.81. The number of hydrogen-bond acceptors (Lipinski definition) is 3. The van der Waals surface area contributed by atoms with E-state index in [2.05, 4.69) is 16.7 Å². The van der Waals surface area contributed by atoms with E-state index < -0.39 is 0 Å². The molecule has 0 aromatic heterocycles. The highest BCUT2D eigenvalue weighted by Crippen LogP contribution is 2.35. The molecule has 3 aliphatic rings. The van der Waals surface area contributed by atoms with Crippen molar-refractivity contribution in [3.8, 4) is 0 Å². The molecule has 108 valence electrons. The van der Waals surface area contributed by atoms with Crippen LogP contribution < -0.4 is 0 Å². The van der Waals surface area contributed by atoms with Gasteiger partial charge in [0.05, 0.1) is 0 Å². The third-order valence-corrected chi connectivity index (χ3v) is 5.06. The van der Waals surface area contributed by atoms with Gasteiger partial charge in [-0.1, -0.05) is 6.92 Å². The van der Waals surface area contributed by atoms with E-state index in [-0.39, 0.29) is 5.54 Å². The minimum atomic E-state index is 0.189. The van der Waals surface area contributed by atoms with Crippen LogP contribution in [0.4, 0.5) is 0 Å². The largest absolute Gasteiger partial charge is 0.381 e. The molecule has 4 heteroatoms. The molecule has 3 rings (SSSR count). The molecule has 1 amide bonds. The van der Waals surface area contributed by atoms with Gasteiger partial charge in [-0.2, -0.15) is 0 Å². The van der Waals surface area contributed by atoms with Crippen LogP contribution in [0.5, 0.6) is 0 Å². The highest BCUT2D eigenvalue weighted by atomic mass is 16.5. The average Bonchev–Trinajstić information content (AvgIpc) is 3.26. The summed E-state index contributed by atoms with van der Waals surface area (Å²) in [6.45, 7) is 8.05. The van der Waals surface area contributed by atoms with Crippen LogP contribution in [0, 0.1) is 5.92 Å². The molecule has 19 heavy (non-hydrogen) atoms. The summed E-state index contributed by atoms with van der Waals surface area (Å²) in [5.74, 6) is 0.772. The molecule has 4 nitrogen and oxygen atoms in total. The van der Waals surface area contributed by atoms with Crippen LogP contribution in [0.2, 0.25) is 0 Å². The Bertz CT molecular complexity index is 335. The molecule has 3 fully saturated rings. The molecule has 0 radical (unpaired) electrons. The second kappa shape index (κ2) is 5.41. The van der Waals surface area contributed by atoms with Crippen molar-refractivity contribution < 1.29 is 9.53 Å². The maximum absolute atomic E-state index is 12.4. The van der Waals surface area contributed by atoms with Gasteiger partial charge in [-0.05, 0) is 38.6 Å². The number of carbonyl (C=O) groups excluding carboxylic acids is 1. The number of nitrogens with zero attached hydrogens (tertiary/aromatic N) is 2. The van der Waals surface area contributed by atoms with E-state index in [1.165, 1.54) is 0 Å². The smallest absolute Gasteiger partial charge is 0.225 e. The first-order valence-electron chi connectivity index (χ1n) is 7.87. The molecule has 1 aliphatic carbocycles. The summed E-state index contributed by atoms with van der Waals surface area (Å²) in [5, 5.41) is 0. The quantitative estimate of drug-likeness (QED) is 0.759. The van der Waals surface area contributed by atoms with Crippen LogP contribution in [-0.2, 0) is 9.53 Å². The predicted octanol–water partition coefficient (Wildman–Crippen LogP) is 1.50. The molecular formula is C15H26N2O2. The van der Waals surface area contributed by atoms with Crippen molar-refractivity contribution in [1.29, 1.82) is 0 Å². The lowest BCUT2D eigenvalue weighted by atomic mass is 9.87. The molecule has 0 N–H and O–H groups in total. The molecule has 0 bridgehead atoms. The molecule has 0 aromatic rings. The van der Waals surface area contributed by atoms with Gasteiger partial charge in [-0.3, -0.25) is 9.69 Å². The molecule has 1 spiro atoms. The summed E-state index contributed by atoms with van der Waals surface area (Å²) >= 11 is 0. The Hall–Kier alpha value is -0.610. The van der Waals surface area contributed by atoms with Crippen molar-refractivity contribution in [1.82, 2.24) is 9.80 Å². The normalized spacial score (nSPS) is 28.4. The number of ether oxygens (including phenoxy) is 1. The first kappa shape index (κ1) is 13.4. The maximum atomic E-state index is 12.4. The zero-order valence-electron chi connectivity index (χ0n) is 12.1. The summed E-state index contributed by atoms with van der Waals surface area (Å²) in [6, 6.07) is 0. The third-order valence-electron chi connectivity index (χ3n) is 5.06. The van der Waals surface area contributed by atoms with Crippen LogP contribution in [0.15, 0.2) is 0 Å². The number of carbonyl (C=O) groups is 1. The van der Waals surface area contributed by atoms with Crippen molar-refractivity contribution in [3.63, 3.8) is 0 Å². The molecule has 0 atom stereocenters. The van der Waals surface area contributed by atoms with E-state index in [0.717, 1.165) is 71.5 Å². The number of amides is 1. The molecule has 2 saturated heterocycles. The Morgan fingerprint density at radius 1 is 1.26 bits per heavy atom. The van der Waals surface area contributed by atoms with E-state index >= 15 is 0 Å². The van der Waals surface area contributed by atoms with Gasteiger partial charge < -0.3 is 9.64 Å². The highest BCUT2D eigenvalue weighted by Gasteiger charge is 2.43. The molecule has 2 aliphatic heterocycles. The first-order chi connectivity index (χ1) is 9.25. The third kappa shape index (κ3) is 2.65. The summed E-state index contributed by atoms with van der Waals surface area (Å²) in [5.41, 5.74) is 0.189. The summed E-state index contributed by atoms with van der Waals surface area (Å²) < 4.78 is 5.56. The number of likely N-dealkylation sites (N-methyl/N-ethyl adjacent to an activating group) is 1. The Labute approximate surface area is 116 Å². The van der Waals surface area contributed by atoms with Crippen LogP contribution in [0.3, 0.4) is 0 Å². The van der Waals surface area contributed by atoms with E-state index in [9.17, 15) is 4.79 Å². The predicted molar refractivity (Wildman–Crippen MR) is 74.0 cm³/mol. The second-order valence-corrected chi connectivity index (χ2v) is 6.30. The Morgan fingerprint density at radius 2 is 2.00 bits per heavy atom. The SMILES string of the molecule is CCN1CCCN(C(=O)C2CC2)CC12CCOCC2. The van der Waals surface area contributed by atoms with Crippen molar-refractivity contribution >= 4 is 5.91 Å². The van der Waals surface area contributed by atoms with Crippen molar-refractivity contribution in [2.24, 2.45) is 5.92 Å². The fourth-order valence-corrected chi connectivity index (χ4v) is 3.72. The summed E-state index contributed by atoms with van der Waals surface area (Å²) in [7, 11) is 0. The Morgan fingerprint density at radius 3 is 2.63 bits per heavy atom. The summed E-state index contributed by atoms with van der Waals surface area (Å²) in [6.07, 6.45) is 5.51. The van der Waals surface area contributed by atoms with Gasteiger partial charge in [0.1, 0.15) is 0 Å². The van der Waals surface area contributed by atoms with Crippen LogP contribution in [0.25, 0.3) is 0 Å². The molecule has 0 aromatic carbocycles. The van der Waals surface area contributed by atoms with E-state index in [1.54, 1.807) is 0 Å². The van der Waals surface area contributed by atoms with Gasteiger partial charge >= 0.3 is 0 Å². The first-order valence-corrected chi connectivity index (χ1v) is 7.87. The fraction of sp³-hybridized carbons (Fsp3) is 0.933. The Balaban J connectivity index is 1.77. The van der Waals surface area contributed by atoms with Gasteiger partial charge in [-0.15, -0.1) is 0 Å². The minimum absolute atomic E-state index is 0.189.